The highest BCUT2D eigenvalue weighted by atomic mass is 32.1. The molecule has 0 N–H and O–H groups in total. The van der Waals surface area contributed by atoms with Crippen molar-refractivity contribution in [1.82, 2.24) is 14.2 Å². The first kappa shape index (κ1) is 21.9. The van der Waals surface area contributed by atoms with Crippen LogP contribution >= 0.6 is 22.9 Å². The zero-order valence-corrected chi connectivity index (χ0v) is 20.8. The van der Waals surface area contributed by atoms with E-state index in [2.05, 4.69) is 31.2 Å². The van der Waals surface area contributed by atoms with Crippen molar-refractivity contribution in [1.29, 1.82) is 0 Å². The van der Waals surface area contributed by atoms with Crippen LogP contribution in [0, 0.1) is 11.3 Å². The van der Waals surface area contributed by atoms with Gasteiger partial charge in [-0.1, -0.05) is 27.7 Å². The molecule has 0 bridgehead atoms. The number of rotatable bonds is 5. The van der Waals surface area contributed by atoms with Gasteiger partial charge in [-0.15, -0.1) is 0 Å². The van der Waals surface area contributed by atoms with Gasteiger partial charge in [0.2, 0.25) is 0 Å². The van der Waals surface area contributed by atoms with Crippen LogP contribution < -0.4 is 9.47 Å². The number of fused-ring (bicyclic) bond motifs is 3. The molecular formula is C25H25N3O3S2. The van der Waals surface area contributed by atoms with E-state index < -0.39 is 0 Å². The number of hydrogen-bond acceptors (Lipinski definition) is 7. The zero-order chi connectivity index (χ0) is 23.3. The minimum atomic E-state index is -0.183. The molecule has 0 radical (unpaired) electrons. The van der Waals surface area contributed by atoms with Crippen molar-refractivity contribution in [2.24, 2.45) is 11.3 Å². The monoisotopic (exact) mass is 479 g/mol. The van der Waals surface area contributed by atoms with E-state index in [1.807, 2.05) is 40.6 Å². The third-order valence-corrected chi connectivity index (χ3v) is 7.74. The quantitative estimate of drug-likeness (QED) is 0.306. The summed E-state index contributed by atoms with van der Waals surface area (Å²) in [7, 11) is 1.65. The third-order valence-electron chi connectivity index (χ3n) is 6.29. The number of carbonyl (C=O) groups is 1. The van der Waals surface area contributed by atoms with Crippen molar-refractivity contribution < 1.29 is 14.3 Å². The molecule has 0 spiro atoms. The Balaban J connectivity index is 1.75. The second-order valence-electron chi connectivity index (χ2n) is 9.24. The lowest BCUT2D eigenvalue weighted by molar-refractivity contribution is 0.0831. The summed E-state index contributed by atoms with van der Waals surface area (Å²) < 4.78 is 18.0. The lowest BCUT2D eigenvalue weighted by Gasteiger charge is -2.26. The van der Waals surface area contributed by atoms with Gasteiger partial charge in [0.1, 0.15) is 23.8 Å². The van der Waals surface area contributed by atoms with Crippen molar-refractivity contribution in [3.63, 3.8) is 0 Å². The fraction of sp³-hybridized carbons (Fsp3) is 0.320. The molecule has 3 aromatic heterocycles. The van der Waals surface area contributed by atoms with Gasteiger partial charge in [-0.2, -0.15) is 16.4 Å². The van der Waals surface area contributed by atoms with Crippen LogP contribution in [0.25, 0.3) is 27.4 Å². The molecule has 170 valence electrons. The van der Waals surface area contributed by atoms with Gasteiger partial charge in [0.05, 0.1) is 23.4 Å². The number of ether oxygens (including phenoxy) is 2. The van der Waals surface area contributed by atoms with Crippen LogP contribution in [0.3, 0.4) is 0 Å². The minimum absolute atomic E-state index is 0.0379. The van der Waals surface area contributed by atoms with Gasteiger partial charge in [0.15, 0.2) is 5.78 Å². The first-order valence-electron chi connectivity index (χ1n) is 10.7. The predicted octanol–water partition coefficient (Wildman–Crippen LogP) is 6.49. The number of nitrogens with zero attached hydrogens (tertiary/aromatic N) is 3. The van der Waals surface area contributed by atoms with E-state index in [0.717, 1.165) is 38.7 Å². The second-order valence-corrected chi connectivity index (χ2v) is 10.8. The number of ketones is 1. The van der Waals surface area contributed by atoms with Crippen LogP contribution in [0.1, 0.15) is 43.7 Å². The van der Waals surface area contributed by atoms with Gasteiger partial charge in [-0.25, -0.2) is 9.06 Å². The molecule has 0 fully saturated rings. The number of methoxy groups -OCH3 is 1. The Morgan fingerprint density at radius 1 is 1.24 bits per heavy atom. The average molecular weight is 480 g/mol. The molecule has 6 nitrogen and oxygen atoms in total. The molecule has 0 amide bonds. The van der Waals surface area contributed by atoms with E-state index in [9.17, 15) is 4.79 Å². The molecule has 4 heterocycles. The summed E-state index contributed by atoms with van der Waals surface area (Å²) in [4.78, 5) is 14.6. The summed E-state index contributed by atoms with van der Waals surface area (Å²) in [6.45, 7) is 8.50. The predicted molar refractivity (Wildman–Crippen MR) is 132 cm³/mol. The zero-order valence-electron chi connectivity index (χ0n) is 19.2. The van der Waals surface area contributed by atoms with E-state index >= 15 is 0 Å². The number of thiophene rings is 1. The molecule has 1 atom stereocenters. The molecule has 33 heavy (non-hydrogen) atoms. The summed E-state index contributed by atoms with van der Waals surface area (Å²) in [5.74, 6) is 1.29. The summed E-state index contributed by atoms with van der Waals surface area (Å²) in [6.07, 6.45) is 1.78. The Hall–Kier alpha value is -2.97. The normalized spacial score (nSPS) is 13.7. The van der Waals surface area contributed by atoms with Crippen molar-refractivity contribution in [2.45, 2.75) is 34.3 Å². The first-order chi connectivity index (χ1) is 15.8. The molecule has 1 aliphatic rings. The van der Waals surface area contributed by atoms with Gasteiger partial charge >= 0.3 is 0 Å². The number of hydrogen-bond donors (Lipinski definition) is 0. The fourth-order valence-corrected chi connectivity index (χ4v) is 5.19. The Bertz CT molecular complexity index is 1320. The molecule has 8 heteroatoms. The number of carbonyl (C=O) groups excluding carboxylic acids is 1. The average Bonchev–Trinajstić information content (AvgIpc) is 3.56. The van der Waals surface area contributed by atoms with E-state index in [4.69, 9.17) is 14.6 Å². The maximum atomic E-state index is 13.6. The molecule has 0 aliphatic carbocycles. The molecular weight excluding hydrogens is 454 g/mol. The first-order valence-corrected chi connectivity index (χ1v) is 12.5. The van der Waals surface area contributed by atoms with Gasteiger partial charge in [-0.05, 0) is 40.5 Å². The van der Waals surface area contributed by atoms with Crippen molar-refractivity contribution in [3.05, 3.63) is 52.5 Å². The van der Waals surface area contributed by atoms with Crippen LogP contribution in [0.5, 0.6) is 11.5 Å². The van der Waals surface area contributed by atoms with Crippen LogP contribution in [0.4, 0.5) is 0 Å². The number of Topliss-reactive ketones (excluding diaryl/α,β-unsaturated/α-hetero) is 1. The van der Waals surface area contributed by atoms with Crippen LogP contribution in [-0.2, 0) is 6.61 Å². The molecule has 0 saturated heterocycles. The summed E-state index contributed by atoms with van der Waals surface area (Å²) in [5.41, 5.74) is 4.80. The maximum Gasteiger partial charge on any atom is 0.186 e. The lowest BCUT2D eigenvalue weighted by Crippen LogP contribution is -2.27. The third kappa shape index (κ3) is 3.67. The highest BCUT2D eigenvalue weighted by molar-refractivity contribution is 7.09. The SMILES string of the molecule is COc1cc2c(cc1-c1ccns1)-c1c(c(C(=O)C(C)C(C)(C)C)nn1-c1ccsc1)CO2. The molecule has 1 unspecified atom stereocenters. The van der Waals surface area contributed by atoms with E-state index in [1.54, 1.807) is 24.6 Å². The Kier molecular flexibility index (Phi) is 5.37. The molecule has 0 saturated carbocycles. The second kappa shape index (κ2) is 8.11. The molecule has 4 aromatic rings. The smallest absolute Gasteiger partial charge is 0.186 e. The van der Waals surface area contributed by atoms with Crippen molar-refractivity contribution in [2.75, 3.05) is 7.11 Å². The number of aromatic nitrogens is 3. The topological polar surface area (TPSA) is 66.2 Å². The van der Waals surface area contributed by atoms with Crippen molar-refractivity contribution in [3.8, 4) is 38.9 Å². The van der Waals surface area contributed by atoms with Crippen LogP contribution in [-0.4, -0.2) is 27.0 Å². The van der Waals surface area contributed by atoms with Gasteiger partial charge < -0.3 is 9.47 Å². The Morgan fingerprint density at radius 3 is 2.70 bits per heavy atom. The number of benzene rings is 1. The summed E-state index contributed by atoms with van der Waals surface area (Å²) in [5, 5.41) is 8.91. The lowest BCUT2D eigenvalue weighted by atomic mass is 9.78. The van der Waals surface area contributed by atoms with Gasteiger partial charge in [-0.3, -0.25) is 4.79 Å². The highest BCUT2D eigenvalue weighted by Gasteiger charge is 2.36. The maximum absolute atomic E-state index is 13.6. The fourth-order valence-electron chi connectivity index (χ4n) is 3.96. The summed E-state index contributed by atoms with van der Waals surface area (Å²) in [6, 6.07) is 7.96. The van der Waals surface area contributed by atoms with Crippen LogP contribution in [0.2, 0.25) is 0 Å². The molecule has 5 rings (SSSR count). The van der Waals surface area contributed by atoms with E-state index in [1.165, 1.54) is 11.5 Å². The largest absolute Gasteiger partial charge is 0.496 e. The Morgan fingerprint density at radius 2 is 2.06 bits per heavy atom. The van der Waals surface area contributed by atoms with Gasteiger partial charge in [0.25, 0.3) is 0 Å². The van der Waals surface area contributed by atoms with Crippen LogP contribution in [0.15, 0.2) is 41.2 Å². The summed E-state index contributed by atoms with van der Waals surface area (Å²) >= 11 is 3.01. The molecule has 1 aliphatic heterocycles. The van der Waals surface area contributed by atoms with E-state index in [0.29, 0.717) is 11.4 Å². The highest BCUT2D eigenvalue weighted by Crippen LogP contribution is 2.47. The standard InChI is InChI=1S/C25H25N3O3S2/c1-14(25(2,3)4)24(29)22-18-12-31-20-11-19(30-5)16(21-6-8-26-33-21)10-17(20)23(18)28(27-22)15-7-9-32-13-15/h6-11,13-14H,12H2,1-5H3. The van der Waals surface area contributed by atoms with Gasteiger partial charge in [0, 0.05) is 40.3 Å². The van der Waals surface area contributed by atoms with Crippen molar-refractivity contribution >= 4 is 28.7 Å². The minimum Gasteiger partial charge on any atom is -0.496 e. The Labute approximate surface area is 201 Å². The molecule has 1 aromatic carbocycles. The van der Waals surface area contributed by atoms with E-state index in [-0.39, 0.29) is 23.7 Å².